The van der Waals surface area contributed by atoms with Gasteiger partial charge in [0.15, 0.2) is 0 Å². The molecule has 112 valence electrons. The molecule has 2 rings (SSSR count). The van der Waals surface area contributed by atoms with Crippen LogP contribution in [0.2, 0.25) is 0 Å². The molecule has 0 spiro atoms. The van der Waals surface area contributed by atoms with E-state index in [4.69, 9.17) is 4.74 Å². The van der Waals surface area contributed by atoms with Gasteiger partial charge in [-0.15, -0.1) is 0 Å². The maximum atomic E-state index is 6.17. The van der Waals surface area contributed by atoms with Gasteiger partial charge in [0.25, 0.3) is 0 Å². The summed E-state index contributed by atoms with van der Waals surface area (Å²) in [6, 6.07) is 7.04. The fraction of sp³-hybridized carbons (Fsp3) is 0.667. The Kier molecular flexibility index (Phi) is 6.06. The van der Waals surface area contributed by atoms with Crippen molar-refractivity contribution in [1.29, 1.82) is 0 Å². The van der Waals surface area contributed by atoms with E-state index in [9.17, 15) is 0 Å². The minimum absolute atomic E-state index is 0.322. The Morgan fingerprint density at radius 2 is 1.95 bits per heavy atom. The van der Waals surface area contributed by atoms with Crippen LogP contribution in [0, 0.1) is 13.8 Å². The maximum absolute atomic E-state index is 6.17. The Morgan fingerprint density at radius 3 is 2.60 bits per heavy atom. The number of ether oxygens (including phenoxy) is 1. The fourth-order valence-corrected chi connectivity index (χ4v) is 3.19. The molecule has 0 saturated heterocycles. The first-order valence-corrected chi connectivity index (χ1v) is 8.13. The monoisotopic (exact) mass is 275 g/mol. The third-order valence-electron chi connectivity index (χ3n) is 4.30. The maximum Gasteiger partial charge on any atom is 0.0665 e. The number of hydrogen-bond donors (Lipinski definition) is 1. The Morgan fingerprint density at radius 1 is 1.20 bits per heavy atom. The van der Waals surface area contributed by atoms with Gasteiger partial charge >= 0.3 is 0 Å². The molecule has 2 heteroatoms. The summed E-state index contributed by atoms with van der Waals surface area (Å²) < 4.78 is 6.17. The molecule has 1 aliphatic carbocycles. The first-order valence-electron chi connectivity index (χ1n) is 8.13. The molecule has 1 atom stereocenters. The molecule has 1 saturated carbocycles. The molecule has 1 aromatic rings. The number of likely N-dealkylation sites (N-methyl/N-ethyl adjacent to an activating group) is 1. The number of aryl methyl sites for hydroxylation is 2. The van der Waals surface area contributed by atoms with Crippen molar-refractivity contribution < 1.29 is 4.74 Å². The molecule has 0 aliphatic heterocycles. The number of rotatable bonds is 6. The van der Waals surface area contributed by atoms with Crippen molar-refractivity contribution >= 4 is 0 Å². The van der Waals surface area contributed by atoms with E-state index >= 15 is 0 Å². The normalized spacial score (nSPS) is 18.1. The second-order valence-electron chi connectivity index (χ2n) is 6.06. The van der Waals surface area contributed by atoms with E-state index in [1.807, 2.05) is 0 Å². The summed E-state index contributed by atoms with van der Waals surface area (Å²) in [4.78, 5) is 0. The summed E-state index contributed by atoms with van der Waals surface area (Å²) in [7, 11) is 0. The fourth-order valence-electron chi connectivity index (χ4n) is 3.19. The lowest BCUT2D eigenvalue weighted by Crippen LogP contribution is -2.29. The van der Waals surface area contributed by atoms with E-state index in [1.165, 1.54) is 48.8 Å². The Balaban J connectivity index is 1.98. The van der Waals surface area contributed by atoms with Crippen molar-refractivity contribution in [2.75, 3.05) is 13.2 Å². The van der Waals surface area contributed by atoms with E-state index in [-0.39, 0.29) is 0 Å². The lowest BCUT2D eigenvalue weighted by molar-refractivity contribution is 0.0157. The smallest absolute Gasteiger partial charge is 0.0665 e. The van der Waals surface area contributed by atoms with Crippen LogP contribution in [0.25, 0.3) is 0 Å². The van der Waals surface area contributed by atoms with Gasteiger partial charge in [-0.3, -0.25) is 0 Å². The zero-order chi connectivity index (χ0) is 14.4. The minimum Gasteiger partial charge on any atom is -0.376 e. The molecule has 1 aromatic carbocycles. The van der Waals surface area contributed by atoms with Crippen molar-refractivity contribution in [2.24, 2.45) is 0 Å². The Bertz CT molecular complexity index is 410. The Hall–Kier alpha value is -0.860. The van der Waals surface area contributed by atoms with Gasteiger partial charge in [-0.25, -0.2) is 0 Å². The van der Waals surface area contributed by atoms with E-state index in [2.05, 4.69) is 44.3 Å². The van der Waals surface area contributed by atoms with Gasteiger partial charge in [0.05, 0.1) is 18.8 Å². The van der Waals surface area contributed by atoms with Gasteiger partial charge in [-0.1, -0.05) is 49.9 Å². The predicted octanol–water partition coefficient (Wildman–Crippen LogP) is 4.30. The molecule has 0 heterocycles. The predicted molar refractivity (Wildman–Crippen MR) is 85.2 cm³/mol. The molecule has 1 fully saturated rings. The van der Waals surface area contributed by atoms with Crippen LogP contribution in [0.5, 0.6) is 0 Å². The quantitative estimate of drug-likeness (QED) is 0.835. The van der Waals surface area contributed by atoms with E-state index in [1.54, 1.807) is 0 Å². The van der Waals surface area contributed by atoms with Gasteiger partial charge in [0.2, 0.25) is 0 Å². The summed E-state index contributed by atoms with van der Waals surface area (Å²) >= 11 is 0. The van der Waals surface area contributed by atoms with Gasteiger partial charge in [-0.05, 0) is 44.4 Å². The topological polar surface area (TPSA) is 21.3 Å². The van der Waals surface area contributed by atoms with Gasteiger partial charge < -0.3 is 10.1 Å². The standard InChI is InChI=1S/C18H29NO/c1-4-19-18(13-20-16-8-6-5-7-9-16)17-11-10-14(2)12-15(17)3/h10-12,16,18-19H,4-9,13H2,1-3H3. The first-order chi connectivity index (χ1) is 9.70. The third kappa shape index (κ3) is 4.32. The highest BCUT2D eigenvalue weighted by atomic mass is 16.5. The van der Waals surface area contributed by atoms with Crippen LogP contribution in [0.1, 0.15) is 61.8 Å². The van der Waals surface area contributed by atoms with Crippen LogP contribution >= 0.6 is 0 Å². The molecule has 20 heavy (non-hydrogen) atoms. The summed E-state index contributed by atoms with van der Waals surface area (Å²) in [5.74, 6) is 0. The zero-order valence-corrected chi connectivity index (χ0v) is 13.2. The van der Waals surface area contributed by atoms with Crippen LogP contribution in [-0.4, -0.2) is 19.3 Å². The third-order valence-corrected chi connectivity index (χ3v) is 4.30. The molecule has 1 aliphatic rings. The van der Waals surface area contributed by atoms with E-state index in [0.29, 0.717) is 12.1 Å². The molecule has 1 N–H and O–H groups in total. The summed E-state index contributed by atoms with van der Waals surface area (Å²) in [5, 5.41) is 3.57. The molecule has 2 nitrogen and oxygen atoms in total. The highest BCUT2D eigenvalue weighted by Crippen LogP contribution is 2.24. The molecule has 0 aromatic heterocycles. The van der Waals surface area contributed by atoms with Crippen LogP contribution < -0.4 is 5.32 Å². The molecule has 0 amide bonds. The minimum atomic E-state index is 0.322. The molecule has 0 bridgehead atoms. The summed E-state index contributed by atoms with van der Waals surface area (Å²) in [5.41, 5.74) is 4.08. The summed E-state index contributed by atoms with van der Waals surface area (Å²) in [6.07, 6.45) is 7.02. The zero-order valence-electron chi connectivity index (χ0n) is 13.2. The van der Waals surface area contributed by atoms with Crippen LogP contribution in [0.4, 0.5) is 0 Å². The summed E-state index contributed by atoms with van der Waals surface area (Å²) in [6.45, 7) is 8.29. The largest absolute Gasteiger partial charge is 0.376 e. The number of hydrogen-bond acceptors (Lipinski definition) is 2. The second-order valence-corrected chi connectivity index (χ2v) is 6.06. The van der Waals surface area contributed by atoms with Crippen LogP contribution in [0.15, 0.2) is 18.2 Å². The first kappa shape index (κ1) is 15.5. The average Bonchev–Trinajstić information content (AvgIpc) is 2.45. The molecular weight excluding hydrogens is 246 g/mol. The van der Waals surface area contributed by atoms with Gasteiger partial charge in [0, 0.05) is 0 Å². The van der Waals surface area contributed by atoms with E-state index in [0.717, 1.165) is 13.2 Å². The lowest BCUT2D eigenvalue weighted by atomic mass is 9.97. The number of benzene rings is 1. The SMILES string of the molecule is CCNC(COC1CCCCC1)c1ccc(C)cc1C. The van der Waals surface area contributed by atoms with Crippen molar-refractivity contribution in [3.8, 4) is 0 Å². The number of nitrogens with one attached hydrogen (secondary N) is 1. The molecular formula is C18H29NO. The van der Waals surface area contributed by atoms with Gasteiger partial charge in [-0.2, -0.15) is 0 Å². The van der Waals surface area contributed by atoms with Gasteiger partial charge in [0.1, 0.15) is 0 Å². The highest BCUT2D eigenvalue weighted by molar-refractivity contribution is 5.32. The van der Waals surface area contributed by atoms with Crippen molar-refractivity contribution in [1.82, 2.24) is 5.32 Å². The van der Waals surface area contributed by atoms with Crippen molar-refractivity contribution in [3.63, 3.8) is 0 Å². The average molecular weight is 275 g/mol. The van der Waals surface area contributed by atoms with Crippen LogP contribution in [-0.2, 0) is 4.74 Å². The highest BCUT2D eigenvalue weighted by Gasteiger charge is 2.18. The van der Waals surface area contributed by atoms with Crippen LogP contribution in [0.3, 0.4) is 0 Å². The Labute approximate surface area is 123 Å². The second kappa shape index (κ2) is 7.80. The molecule has 0 radical (unpaired) electrons. The molecule has 1 unspecified atom stereocenters. The lowest BCUT2D eigenvalue weighted by Gasteiger charge is -2.26. The van der Waals surface area contributed by atoms with Crippen molar-refractivity contribution in [2.45, 2.75) is 65.0 Å². The van der Waals surface area contributed by atoms with Crippen molar-refractivity contribution in [3.05, 3.63) is 34.9 Å². The van der Waals surface area contributed by atoms with E-state index < -0.39 is 0 Å².